The predicted octanol–water partition coefficient (Wildman–Crippen LogP) is 3.56. The van der Waals surface area contributed by atoms with Gasteiger partial charge in [-0.2, -0.15) is 0 Å². The lowest BCUT2D eigenvalue weighted by atomic mass is 9.76. The van der Waals surface area contributed by atoms with Crippen LogP contribution in [-0.4, -0.2) is 40.3 Å². The lowest BCUT2D eigenvalue weighted by molar-refractivity contribution is -0.142. The van der Waals surface area contributed by atoms with Gasteiger partial charge in [0, 0.05) is 23.2 Å². The Kier molecular flexibility index (Phi) is 5.58. The van der Waals surface area contributed by atoms with Crippen molar-refractivity contribution in [2.24, 2.45) is 11.8 Å². The number of hydrogen-bond donors (Lipinski definition) is 3. The van der Waals surface area contributed by atoms with Crippen LogP contribution in [0, 0.1) is 18.8 Å². The van der Waals surface area contributed by atoms with Gasteiger partial charge in [-0.05, 0) is 54.7 Å². The van der Waals surface area contributed by atoms with Crippen molar-refractivity contribution in [3.05, 3.63) is 94.0 Å². The van der Waals surface area contributed by atoms with E-state index < -0.39 is 23.4 Å². The van der Waals surface area contributed by atoms with Gasteiger partial charge in [-0.1, -0.05) is 60.1 Å². The van der Waals surface area contributed by atoms with Crippen molar-refractivity contribution < 1.29 is 19.5 Å². The number of halogens is 1. The fraction of sp³-hybridized carbons (Fsp3) is 0.276. The van der Waals surface area contributed by atoms with Gasteiger partial charge >= 0.3 is 0 Å². The fourth-order valence-electron chi connectivity index (χ4n) is 6.22. The van der Waals surface area contributed by atoms with Crippen molar-refractivity contribution in [2.45, 2.75) is 31.3 Å². The molecule has 4 atom stereocenters. The fourth-order valence-corrected chi connectivity index (χ4v) is 6.37. The molecule has 0 aromatic heterocycles. The molecule has 0 bridgehead atoms. The summed E-state index contributed by atoms with van der Waals surface area (Å²) >= 11 is 6.35. The molecule has 3 heterocycles. The molecule has 3 N–H and O–H groups in total. The molecule has 6 rings (SSSR count). The minimum Gasteiger partial charge on any atom is -0.508 e. The standard InChI is InChI=1S/C29H26ClN3O4/c1-16-21(30)12-11-20-25(16)31-28(37)29(20)24-23(22(32-29)15-18-7-9-19(34)10-8-18)26(35)33(27(24)36)14-13-17-5-3-2-4-6-17/h2-12,22-24,32,34H,13-15H2,1H3,(H,31,37)/t22-,23-,24+,29+/m1/s1. The van der Waals surface area contributed by atoms with Gasteiger partial charge in [0.15, 0.2) is 0 Å². The maximum Gasteiger partial charge on any atom is 0.250 e. The third-order valence-electron chi connectivity index (χ3n) is 8.03. The van der Waals surface area contributed by atoms with Crippen molar-refractivity contribution >= 4 is 35.0 Å². The number of rotatable bonds is 5. The Morgan fingerprint density at radius 2 is 1.68 bits per heavy atom. The number of imide groups is 1. The van der Waals surface area contributed by atoms with E-state index in [1.165, 1.54) is 4.90 Å². The van der Waals surface area contributed by atoms with E-state index in [4.69, 9.17) is 11.6 Å². The maximum atomic E-state index is 14.0. The quantitative estimate of drug-likeness (QED) is 0.451. The molecule has 2 saturated heterocycles. The van der Waals surface area contributed by atoms with Gasteiger partial charge in [0.1, 0.15) is 11.3 Å². The smallest absolute Gasteiger partial charge is 0.250 e. The normalized spacial score (nSPS) is 26.1. The molecule has 188 valence electrons. The van der Waals surface area contributed by atoms with Crippen molar-refractivity contribution in [2.75, 3.05) is 11.9 Å². The maximum absolute atomic E-state index is 14.0. The number of fused-ring (bicyclic) bond motifs is 4. The van der Waals surface area contributed by atoms with Gasteiger partial charge in [0.2, 0.25) is 17.7 Å². The van der Waals surface area contributed by atoms with Crippen LogP contribution < -0.4 is 10.6 Å². The third kappa shape index (κ3) is 3.56. The Morgan fingerprint density at radius 1 is 0.946 bits per heavy atom. The summed E-state index contributed by atoms with van der Waals surface area (Å²) in [6, 6.07) is 19.5. The summed E-state index contributed by atoms with van der Waals surface area (Å²) in [6.07, 6.45) is 0.961. The van der Waals surface area contributed by atoms with E-state index in [-0.39, 0.29) is 30.0 Å². The molecule has 0 saturated carbocycles. The number of phenols is 1. The van der Waals surface area contributed by atoms with Gasteiger partial charge in [0.25, 0.3) is 0 Å². The summed E-state index contributed by atoms with van der Waals surface area (Å²) in [5.41, 5.74) is 2.52. The van der Waals surface area contributed by atoms with Crippen LogP contribution in [0.5, 0.6) is 5.75 Å². The van der Waals surface area contributed by atoms with E-state index in [0.29, 0.717) is 29.1 Å². The first-order valence-electron chi connectivity index (χ1n) is 12.4. The van der Waals surface area contributed by atoms with E-state index in [9.17, 15) is 19.5 Å². The van der Waals surface area contributed by atoms with Crippen molar-refractivity contribution in [3.8, 4) is 5.75 Å². The topological polar surface area (TPSA) is 98.7 Å². The monoisotopic (exact) mass is 515 g/mol. The Morgan fingerprint density at radius 3 is 2.41 bits per heavy atom. The molecule has 3 aliphatic heterocycles. The molecule has 8 heteroatoms. The molecule has 0 aliphatic carbocycles. The highest BCUT2D eigenvalue weighted by Crippen LogP contribution is 2.54. The molecule has 2 fully saturated rings. The molecule has 7 nitrogen and oxygen atoms in total. The van der Waals surface area contributed by atoms with Crippen molar-refractivity contribution in [3.63, 3.8) is 0 Å². The number of nitrogens with one attached hydrogen (secondary N) is 2. The number of benzene rings is 3. The second kappa shape index (κ2) is 8.71. The zero-order valence-corrected chi connectivity index (χ0v) is 21.0. The number of anilines is 1. The zero-order chi connectivity index (χ0) is 25.9. The summed E-state index contributed by atoms with van der Waals surface area (Å²) in [4.78, 5) is 42.8. The molecule has 37 heavy (non-hydrogen) atoms. The highest BCUT2D eigenvalue weighted by molar-refractivity contribution is 6.32. The van der Waals surface area contributed by atoms with E-state index in [1.54, 1.807) is 36.4 Å². The molecular weight excluding hydrogens is 490 g/mol. The Hall–Kier alpha value is -3.68. The number of aromatic hydroxyl groups is 1. The zero-order valence-electron chi connectivity index (χ0n) is 20.2. The summed E-state index contributed by atoms with van der Waals surface area (Å²) in [7, 11) is 0. The minimum absolute atomic E-state index is 0.146. The first-order chi connectivity index (χ1) is 17.8. The van der Waals surface area contributed by atoms with Crippen LogP contribution in [0.3, 0.4) is 0 Å². The van der Waals surface area contributed by atoms with Crippen LogP contribution in [0.4, 0.5) is 5.69 Å². The molecule has 3 aliphatic rings. The number of nitrogens with zero attached hydrogens (tertiary/aromatic N) is 1. The number of phenolic OH excluding ortho intramolecular Hbond substituents is 1. The number of carbonyl (C=O) groups is 3. The molecular formula is C29H26ClN3O4. The van der Waals surface area contributed by atoms with Crippen LogP contribution >= 0.6 is 11.6 Å². The molecule has 3 amide bonds. The number of carbonyl (C=O) groups excluding carboxylic acids is 3. The van der Waals surface area contributed by atoms with E-state index in [1.807, 2.05) is 37.3 Å². The molecule has 3 aromatic rings. The Labute approximate surface area is 219 Å². The lowest BCUT2D eigenvalue weighted by Crippen LogP contribution is -2.53. The number of hydrogen-bond acceptors (Lipinski definition) is 5. The SMILES string of the molecule is Cc1c(Cl)ccc2c1NC(=O)[C@]21N[C@H](Cc2ccc(O)cc2)[C@H]2C(=O)N(CCc3ccccc3)C(=O)[C@H]21. The van der Waals surface area contributed by atoms with Gasteiger partial charge in [0.05, 0.1) is 17.5 Å². The van der Waals surface area contributed by atoms with Crippen LogP contribution in [0.1, 0.15) is 22.3 Å². The van der Waals surface area contributed by atoms with Crippen LogP contribution in [0.15, 0.2) is 66.7 Å². The molecule has 0 radical (unpaired) electrons. The third-order valence-corrected chi connectivity index (χ3v) is 8.44. The summed E-state index contributed by atoms with van der Waals surface area (Å²) in [6.45, 7) is 2.08. The Balaban J connectivity index is 1.41. The second-order valence-electron chi connectivity index (χ2n) is 10.0. The number of amides is 3. The first-order valence-corrected chi connectivity index (χ1v) is 12.7. The van der Waals surface area contributed by atoms with Crippen LogP contribution in [0.2, 0.25) is 5.02 Å². The van der Waals surface area contributed by atoms with Gasteiger partial charge in [-0.3, -0.25) is 24.6 Å². The molecule has 0 unspecified atom stereocenters. The van der Waals surface area contributed by atoms with Crippen LogP contribution in [0.25, 0.3) is 0 Å². The van der Waals surface area contributed by atoms with Gasteiger partial charge in [-0.25, -0.2) is 0 Å². The predicted molar refractivity (Wildman–Crippen MR) is 139 cm³/mol. The first kappa shape index (κ1) is 23.7. The van der Waals surface area contributed by atoms with E-state index in [0.717, 1.165) is 16.7 Å². The molecule has 1 spiro atoms. The van der Waals surface area contributed by atoms with Crippen molar-refractivity contribution in [1.82, 2.24) is 10.2 Å². The Bertz CT molecular complexity index is 1430. The van der Waals surface area contributed by atoms with Gasteiger partial charge < -0.3 is 10.4 Å². The van der Waals surface area contributed by atoms with Crippen LogP contribution in [-0.2, 0) is 32.8 Å². The lowest BCUT2D eigenvalue weighted by Gasteiger charge is -2.29. The largest absolute Gasteiger partial charge is 0.508 e. The highest BCUT2D eigenvalue weighted by Gasteiger charge is 2.70. The minimum atomic E-state index is -1.37. The second-order valence-corrected chi connectivity index (χ2v) is 10.5. The molecule has 3 aromatic carbocycles. The van der Waals surface area contributed by atoms with E-state index >= 15 is 0 Å². The average Bonchev–Trinajstić information content (AvgIpc) is 3.47. The summed E-state index contributed by atoms with van der Waals surface area (Å²) in [5, 5.41) is 16.6. The summed E-state index contributed by atoms with van der Waals surface area (Å²) in [5.74, 6) is -2.37. The average molecular weight is 516 g/mol. The summed E-state index contributed by atoms with van der Waals surface area (Å²) < 4.78 is 0. The number of likely N-dealkylation sites (tertiary alicyclic amines) is 1. The van der Waals surface area contributed by atoms with E-state index in [2.05, 4.69) is 10.6 Å². The highest BCUT2D eigenvalue weighted by atomic mass is 35.5. The van der Waals surface area contributed by atoms with Gasteiger partial charge in [-0.15, -0.1) is 0 Å². The van der Waals surface area contributed by atoms with Crippen molar-refractivity contribution in [1.29, 1.82) is 0 Å².